The molecule has 0 spiro atoms. The summed E-state index contributed by atoms with van der Waals surface area (Å²) in [6.45, 7) is 4.09. The average molecular weight is 402 g/mol. The van der Waals surface area contributed by atoms with Crippen LogP contribution in [-0.4, -0.2) is 28.6 Å². The zero-order valence-corrected chi connectivity index (χ0v) is 16.5. The van der Waals surface area contributed by atoms with Gasteiger partial charge in [-0.25, -0.2) is 9.78 Å². The summed E-state index contributed by atoms with van der Waals surface area (Å²) in [7, 11) is 1.33. The molecular weight excluding hydrogens is 382 g/mol. The number of fused-ring (bicyclic) bond motifs is 1. The summed E-state index contributed by atoms with van der Waals surface area (Å²) in [5, 5.41) is 3.64. The van der Waals surface area contributed by atoms with Gasteiger partial charge in [-0.1, -0.05) is 11.6 Å². The number of rotatable bonds is 6. The third-order valence-corrected chi connectivity index (χ3v) is 4.12. The van der Waals surface area contributed by atoms with Crippen LogP contribution in [-0.2, 0) is 11.3 Å². The summed E-state index contributed by atoms with van der Waals surface area (Å²) in [5.41, 5.74) is 1.81. The van der Waals surface area contributed by atoms with Gasteiger partial charge in [-0.05, 0) is 44.2 Å². The summed E-state index contributed by atoms with van der Waals surface area (Å²) in [5.74, 6) is 0.144. The van der Waals surface area contributed by atoms with Crippen molar-refractivity contribution < 1.29 is 14.3 Å². The molecule has 0 unspecified atom stereocenters. The van der Waals surface area contributed by atoms with E-state index in [1.54, 1.807) is 30.3 Å². The Bertz CT molecular complexity index is 1080. The summed E-state index contributed by atoms with van der Waals surface area (Å²) in [6, 6.07) is 9.78. The Morgan fingerprint density at radius 2 is 2.04 bits per heavy atom. The molecule has 0 bridgehead atoms. The van der Waals surface area contributed by atoms with Crippen molar-refractivity contribution in [1.82, 2.24) is 9.38 Å². The van der Waals surface area contributed by atoms with E-state index in [2.05, 4.69) is 10.3 Å². The fourth-order valence-corrected chi connectivity index (χ4v) is 2.83. The second kappa shape index (κ2) is 8.31. The van der Waals surface area contributed by atoms with Crippen molar-refractivity contribution >= 4 is 28.9 Å². The van der Waals surface area contributed by atoms with Gasteiger partial charge in [0.05, 0.1) is 41.7 Å². The third kappa shape index (κ3) is 4.43. The molecule has 0 saturated heterocycles. The molecule has 146 valence electrons. The van der Waals surface area contributed by atoms with Crippen LogP contribution in [0.2, 0.25) is 5.02 Å². The van der Waals surface area contributed by atoms with Gasteiger partial charge in [0.25, 0.3) is 5.56 Å². The molecule has 0 aliphatic heterocycles. The fraction of sp³-hybridized carbons (Fsp3) is 0.250. The number of nitrogens with one attached hydrogen (secondary N) is 1. The van der Waals surface area contributed by atoms with Crippen LogP contribution in [0.3, 0.4) is 0 Å². The smallest absolute Gasteiger partial charge is 0.337 e. The Morgan fingerprint density at radius 3 is 2.75 bits per heavy atom. The van der Waals surface area contributed by atoms with E-state index < -0.39 is 5.97 Å². The van der Waals surface area contributed by atoms with Gasteiger partial charge in [-0.15, -0.1) is 0 Å². The molecule has 0 aliphatic carbocycles. The summed E-state index contributed by atoms with van der Waals surface area (Å²) in [6.07, 6.45) is 1.48. The number of hydrogen-bond acceptors (Lipinski definition) is 6. The second-order valence-corrected chi connectivity index (χ2v) is 6.82. The number of hydrogen-bond donors (Lipinski definition) is 1. The van der Waals surface area contributed by atoms with Crippen LogP contribution in [0.1, 0.15) is 29.9 Å². The number of pyridine rings is 1. The number of methoxy groups -OCH3 is 1. The third-order valence-electron chi connectivity index (χ3n) is 3.90. The van der Waals surface area contributed by atoms with Crippen molar-refractivity contribution in [2.75, 3.05) is 12.4 Å². The minimum Gasteiger partial charge on any atom is -0.489 e. The summed E-state index contributed by atoms with van der Waals surface area (Å²) < 4.78 is 12.0. The molecule has 2 aromatic heterocycles. The number of esters is 1. The van der Waals surface area contributed by atoms with Crippen LogP contribution < -0.4 is 15.6 Å². The molecule has 28 heavy (non-hydrogen) atoms. The largest absolute Gasteiger partial charge is 0.489 e. The number of benzene rings is 1. The average Bonchev–Trinajstić information content (AvgIpc) is 2.66. The molecule has 1 N–H and O–H groups in total. The van der Waals surface area contributed by atoms with E-state index in [4.69, 9.17) is 21.1 Å². The number of carbonyl (C=O) groups excluding carboxylic acids is 1. The minimum absolute atomic E-state index is 0.0438. The quantitative estimate of drug-likeness (QED) is 0.636. The molecule has 7 nitrogen and oxygen atoms in total. The maximum atomic E-state index is 12.3. The molecule has 1 aromatic carbocycles. The monoisotopic (exact) mass is 401 g/mol. The highest BCUT2D eigenvalue weighted by atomic mass is 35.5. The number of anilines is 1. The van der Waals surface area contributed by atoms with Crippen LogP contribution >= 0.6 is 11.6 Å². The van der Waals surface area contributed by atoms with E-state index in [9.17, 15) is 9.59 Å². The van der Waals surface area contributed by atoms with Crippen LogP contribution in [0.15, 0.2) is 47.4 Å². The van der Waals surface area contributed by atoms with Gasteiger partial charge in [0.2, 0.25) is 0 Å². The molecule has 2 heterocycles. The van der Waals surface area contributed by atoms with Crippen molar-refractivity contribution in [3.05, 3.63) is 69.2 Å². The molecule has 8 heteroatoms. The first-order valence-electron chi connectivity index (χ1n) is 8.68. The first-order chi connectivity index (χ1) is 13.4. The number of halogens is 1. The molecule has 3 aromatic rings. The number of nitrogens with zero attached hydrogens (tertiary/aromatic N) is 2. The van der Waals surface area contributed by atoms with Crippen LogP contribution in [0.25, 0.3) is 5.65 Å². The zero-order chi connectivity index (χ0) is 20.3. The predicted octanol–water partition coefficient (Wildman–Crippen LogP) is 3.53. The van der Waals surface area contributed by atoms with Crippen molar-refractivity contribution in [2.45, 2.75) is 26.5 Å². The standard InChI is InChI=1S/C20H20ClN3O4/c1-12(2)28-17-6-4-13(20(26)27-3)8-16(17)22-10-15-9-19(25)24-11-14(21)5-7-18(24)23-15/h4-9,11-12,22H,10H2,1-3H3. The molecule has 3 rings (SSSR count). The molecule has 0 atom stereocenters. The van der Waals surface area contributed by atoms with Crippen LogP contribution in [0.4, 0.5) is 5.69 Å². The minimum atomic E-state index is -0.446. The first kappa shape index (κ1) is 19.7. The number of aromatic nitrogens is 2. The van der Waals surface area contributed by atoms with E-state index in [-0.39, 0.29) is 18.2 Å². The lowest BCUT2D eigenvalue weighted by Gasteiger charge is -2.16. The van der Waals surface area contributed by atoms with E-state index in [0.29, 0.717) is 33.4 Å². The highest BCUT2D eigenvalue weighted by Crippen LogP contribution is 2.27. The normalized spacial score (nSPS) is 10.9. The maximum absolute atomic E-state index is 12.3. The Morgan fingerprint density at radius 1 is 1.25 bits per heavy atom. The Labute approximate surface area is 166 Å². The molecule has 0 radical (unpaired) electrons. The summed E-state index contributed by atoms with van der Waals surface area (Å²) >= 11 is 5.93. The lowest BCUT2D eigenvalue weighted by Crippen LogP contribution is -2.17. The van der Waals surface area contributed by atoms with Gasteiger partial charge in [0.1, 0.15) is 11.4 Å². The van der Waals surface area contributed by atoms with E-state index in [0.717, 1.165) is 0 Å². The predicted molar refractivity (Wildman–Crippen MR) is 107 cm³/mol. The van der Waals surface area contributed by atoms with Crippen molar-refractivity contribution in [2.24, 2.45) is 0 Å². The summed E-state index contributed by atoms with van der Waals surface area (Å²) in [4.78, 5) is 28.6. The van der Waals surface area contributed by atoms with Crippen molar-refractivity contribution in [1.29, 1.82) is 0 Å². The Kier molecular flexibility index (Phi) is 5.84. The first-order valence-corrected chi connectivity index (χ1v) is 9.06. The van der Waals surface area contributed by atoms with Crippen LogP contribution in [0, 0.1) is 0 Å². The van der Waals surface area contributed by atoms with Gasteiger partial charge >= 0.3 is 5.97 Å². The highest BCUT2D eigenvalue weighted by molar-refractivity contribution is 6.30. The number of carbonyl (C=O) groups is 1. The number of ether oxygens (including phenoxy) is 2. The van der Waals surface area contributed by atoms with Gasteiger partial charge < -0.3 is 14.8 Å². The van der Waals surface area contributed by atoms with E-state index in [1.807, 2.05) is 13.8 Å². The topological polar surface area (TPSA) is 81.9 Å². The zero-order valence-electron chi connectivity index (χ0n) is 15.7. The van der Waals surface area contributed by atoms with Crippen molar-refractivity contribution in [3.63, 3.8) is 0 Å². The van der Waals surface area contributed by atoms with Gasteiger partial charge in [-0.2, -0.15) is 0 Å². The molecular formula is C20H20ClN3O4. The maximum Gasteiger partial charge on any atom is 0.337 e. The van der Waals surface area contributed by atoms with Crippen LogP contribution in [0.5, 0.6) is 5.75 Å². The Balaban J connectivity index is 1.90. The molecule has 0 fully saturated rings. The molecule has 0 aliphatic rings. The van der Waals surface area contributed by atoms with E-state index >= 15 is 0 Å². The van der Waals surface area contributed by atoms with Gasteiger partial charge in [0.15, 0.2) is 0 Å². The highest BCUT2D eigenvalue weighted by Gasteiger charge is 2.12. The van der Waals surface area contributed by atoms with Gasteiger partial charge in [0, 0.05) is 12.3 Å². The lowest BCUT2D eigenvalue weighted by atomic mass is 10.1. The lowest BCUT2D eigenvalue weighted by molar-refractivity contribution is 0.0600. The van der Waals surface area contributed by atoms with E-state index in [1.165, 1.54) is 23.8 Å². The fourth-order valence-electron chi connectivity index (χ4n) is 2.67. The van der Waals surface area contributed by atoms with Crippen molar-refractivity contribution in [3.8, 4) is 5.75 Å². The second-order valence-electron chi connectivity index (χ2n) is 6.38. The Hall–Kier alpha value is -3.06. The SMILES string of the molecule is COC(=O)c1ccc(OC(C)C)c(NCc2cc(=O)n3cc(Cl)ccc3n2)c1. The molecule has 0 saturated carbocycles. The van der Waals surface area contributed by atoms with Gasteiger partial charge in [-0.3, -0.25) is 9.20 Å². The molecule has 0 amide bonds.